The summed E-state index contributed by atoms with van der Waals surface area (Å²) in [6, 6.07) is 10.1. The first-order chi connectivity index (χ1) is 13.9. The third kappa shape index (κ3) is 2.79. The maximum atomic E-state index is 13.3. The normalized spacial score (nSPS) is 22.9. The van der Waals surface area contributed by atoms with E-state index in [1.807, 2.05) is 0 Å². The number of likely N-dealkylation sites (tertiary alicyclic amines) is 1. The summed E-state index contributed by atoms with van der Waals surface area (Å²) in [5.41, 5.74) is 2.68. The molecule has 148 valence electrons. The van der Waals surface area contributed by atoms with Crippen molar-refractivity contribution in [2.24, 2.45) is 0 Å². The number of hydrogen-bond donors (Lipinski definition) is 3. The van der Waals surface area contributed by atoms with E-state index in [1.165, 1.54) is 0 Å². The van der Waals surface area contributed by atoms with Crippen molar-refractivity contribution in [3.63, 3.8) is 0 Å². The van der Waals surface area contributed by atoms with Crippen LogP contribution in [0.5, 0.6) is 5.75 Å². The fourth-order valence-electron chi connectivity index (χ4n) is 4.74. The van der Waals surface area contributed by atoms with Crippen molar-refractivity contribution in [1.29, 1.82) is 0 Å². The number of nitrogens with one attached hydrogen (secondary N) is 1. The number of amides is 1. The number of phenolic OH excluding ortho intramolecular Hbond substituents is 1. The molecule has 3 N–H and O–H groups in total. The molecule has 1 saturated heterocycles. The highest BCUT2D eigenvalue weighted by atomic mass is 16.7. The number of carbonyl (C=O) groups excluding carboxylic acids is 1. The maximum absolute atomic E-state index is 13.3. The molecule has 2 atom stereocenters. The van der Waals surface area contributed by atoms with Gasteiger partial charge in [0, 0.05) is 36.6 Å². The van der Waals surface area contributed by atoms with Crippen molar-refractivity contribution >= 4 is 23.1 Å². The van der Waals surface area contributed by atoms with Crippen molar-refractivity contribution in [1.82, 2.24) is 14.9 Å². The number of rotatable bonds is 2. The van der Waals surface area contributed by atoms with Crippen LogP contribution >= 0.6 is 0 Å². The molecule has 0 spiro atoms. The Balaban J connectivity index is 1.51. The van der Waals surface area contributed by atoms with Gasteiger partial charge in [0.05, 0.1) is 17.4 Å². The molecule has 2 aromatic carbocycles. The van der Waals surface area contributed by atoms with Crippen LogP contribution in [0.25, 0.3) is 11.0 Å². The standard InChI is InChI=1S/C21H19N3O5/c25-15-3-1-12-7-14-10-21(16(12)9-15,29-20(27)28)5-6-24(14)19(26)13-2-4-17-18(8-13)23-11-22-17/h1-4,8-9,11,14,25H,5-7,10H2,(H,22,23)(H,27,28). The van der Waals surface area contributed by atoms with Gasteiger partial charge in [0.15, 0.2) is 0 Å². The summed E-state index contributed by atoms with van der Waals surface area (Å²) in [5, 5.41) is 19.2. The van der Waals surface area contributed by atoms with Crippen molar-refractivity contribution in [3.05, 3.63) is 59.4 Å². The summed E-state index contributed by atoms with van der Waals surface area (Å²) in [6.07, 6.45) is 1.52. The number of aromatic amines is 1. The molecule has 0 saturated carbocycles. The van der Waals surface area contributed by atoms with Gasteiger partial charge in [-0.15, -0.1) is 0 Å². The van der Waals surface area contributed by atoms with Crippen molar-refractivity contribution in [2.45, 2.75) is 30.9 Å². The molecule has 1 aliphatic heterocycles. The van der Waals surface area contributed by atoms with Crippen LogP contribution in [0, 0.1) is 0 Å². The Labute approximate surface area is 165 Å². The molecule has 3 aromatic rings. The number of nitrogens with zero attached hydrogens (tertiary/aromatic N) is 2. The number of carboxylic acid groups (broad SMARTS) is 1. The average Bonchev–Trinajstić information content (AvgIpc) is 3.16. The third-order valence-corrected chi connectivity index (χ3v) is 6.01. The number of H-pyrrole nitrogens is 1. The highest BCUT2D eigenvalue weighted by molar-refractivity contribution is 5.97. The molecule has 0 radical (unpaired) electrons. The number of hydrogen-bond acceptors (Lipinski definition) is 5. The highest BCUT2D eigenvalue weighted by Crippen LogP contribution is 2.47. The fraction of sp³-hybridized carbons (Fsp3) is 0.286. The fourth-order valence-corrected chi connectivity index (χ4v) is 4.74. The van der Waals surface area contributed by atoms with Crippen molar-refractivity contribution < 1.29 is 24.5 Å². The summed E-state index contributed by atoms with van der Waals surface area (Å²) in [5.74, 6) is -0.0282. The molecule has 2 aliphatic rings. The number of phenols is 1. The van der Waals surface area contributed by atoms with Crippen LogP contribution in [0.4, 0.5) is 4.79 Å². The Bertz CT molecular complexity index is 1140. The monoisotopic (exact) mass is 393 g/mol. The highest BCUT2D eigenvalue weighted by Gasteiger charge is 2.50. The SMILES string of the molecule is O=C(O)OC12CCN(C(=O)c3ccc4nc[nH]c4c3)C(Cc3ccc(O)cc31)C2. The first-order valence-corrected chi connectivity index (χ1v) is 9.44. The smallest absolute Gasteiger partial charge is 0.506 e. The van der Waals surface area contributed by atoms with Crippen molar-refractivity contribution in [2.75, 3.05) is 6.54 Å². The van der Waals surface area contributed by atoms with E-state index in [1.54, 1.807) is 47.6 Å². The third-order valence-electron chi connectivity index (χ3n) is 6.01. The summed E-state index contributed by atoms with van der Waals surface area (Å²) in [4.78, 5) is 33.7. The predicted octanol–water partition coefficient (Wildman–Crippen LogP) is 3.02. The van der Waals surface area contributed by atoms with E-state index in [9.17, 15) is 19.8 Å². The first kappa shape index (κ1) is 17.5. The van der Waals surface area contributed by atoms with Gasteiger partial charge in [0.2, 0.25) is 0 Å². The van der Waals surface area contributed by atoms with Crippen molar-refractivity contribution in [3.8, 4) is 5.75 Å². The zero-order chi connectivity index (χ0) is 20.2. The van der Waals surface area contributed by atoms with Gasteiger partial charge in [0.1, 0.15) is 11.4 Å². The Morgan fingerprint density at radius 1 is 1.24 bits per heavy atom. The van der Waals surface area contributed by atoms with E-state index in [2.05, 4.69) is 9.97 Å². The van der Waals surface area contributed by atoms with Crippen LogP contribution in [-0.4, -0.2) is 49.7 Å². The Hall–Kier alpha value is -3.55. The molecule has 1 aromatic heterocycles. The zero-order valence-corrected chi connectivity index (χ0v) is 15.5. The summed E-state index contributed by atoms with van der Waals surface area (Å²) < 4.78 is 5.37. The molecule has 2 unspecified atom stereocenters. The van der Waals surface area contributed by atoms with Crippen LogP contribution in [0.2, 0.25) is 0 Å². The van der Waals surface area contributed by atoms with E-state index in [-0.39, 0.29) is 17.7 Å². The second kappa shape index (κ2) is 6.23. The lowest BCUT2D eigenvalue weighted by Crippen LogP contribution is -2.56. The van der Waals surface area contributed by atoms with Gasteiger partial charge in [-0.25, -0.2) is 9.78 Å². The number of carbonyl (C=O) groups is 2. The first-order valence-electron chi connectivity index (χ1n) is 9.44. The van der Waals surface area contributed by atoms with E-state index in [0.29, 0.717) is 36.9 Å². The van der Waals surface area contributed by atoms with Crippen LogP contribution in [-0.2, 0) is 16.8 Å². The zero-order valence-electron chi connectivity index (χ0n) is 15.5. The molecule has 29 heavy (non-hydrogen) atoms. The molecule has 8 nitrogen and oxygen atoms in total. The summed E-state index contributed by atoms with van der Waals surface area (Å²) in [6.45, 7) is 0.368. The van der Waals surface area contributed by atoms with E-state index >= 15 is 0 Å². The Morgan fingerprint density at radius 3 is 2.93 bits per heavy atom. The lowest BCUT2D eigenvalue weighted by Gasteiger charge is -2.49. The van der Waals surface area contributed by atoms with Gasteiger partial charge in [-0.05, 0) is 42.3 Å². The van der Waals surface area contributed by atoms with Gasteiger partial charge in [-0.3, -0.25) is 4.79 Å². The van der Waals surface area contributed by atoms with Crippen LogP contribution < -0.4 is 0 Å². The molecule has 8 heteroatoms. The van der Waals surface area contributed by atoms with Gasteiger partial charge in [-0.2, -0.15) is 0 Å². The quantitative estimate of drug-likeness (QED) is 0.577. The summed E-state index contributed by atoms with van der Waals surface area (Å²) in [7, 11) is 0. The molecular formula is C21H19N3O5. The summed E-state index contributed by atoms with van der Waals surface area (Å²) >= 11 is 0. The van der Waals surface area contributed by atoms with Gasteiger partial charge in [0.25, 0.3) is 5.91 Å². The number of aromatic nitrogens is 2. The Morgan fingerprint density at radius 2 is 2.10 bits per heavy atom. The topological polar surface area (TPSA) is 116 Å². The second-order valence-corrected chi connectivity index (χ2v) is 7.65. The van der Waals surface area contributed by atoms with Gasteiger partial charge in [-0.1, -0.05) is 6.07 Å². The molecule has 2 heterocycles. The number of imidazole rings is 1. The minimum absolute atomic E-state index is 0.0712. The molecular weight excluding hydrogens is 374 g/mol. The predicted molar refractivity (Wildman–Crippen MR) is 103 cm³/mol. The average molecular weight is 393 g/mol. The van der Waals surface area contributed by atoms with Gasteiger partial charge >= 0.3 is 6.16 Å². The lowest BCUT2D eigenvalue weighted by molar-refractivity contribution is -0.0787. The van der Waals surface area contributed by atoms with Crippen LogP contribution in [0.3, 0.4) is 0 Å². The van der Waals surface area contributed by atoms with Gasteiger partial charge < -0.3 is 24.8 Å². The number of fused-ring (bicyclic) bond motifs is 5. The molecule has 1 amide bonds. The van der Waals surface area contributed by atoms with E-state index in [0.717, 1.165) is 16.6 Å². The molecule has 2 bridgehead atoms. The maximum Gasteiger partial charge on any atom is 0.506 e. The Kier molecular flexibility index (Phi) is 3.77. The molecule has 1 fully saturated rings. The minimum Gasteiger partial charge on any atom is -0.508 e. The number of ether oxygens (including phenoxy) is 1. The molecule has 5 rings (SSSR count). The van der Waals surface area contributed by atoms with Crippen LogP contribution in [0.15, 0.2) is 42.7 Å². The van der Waals surface area contributed by atoms with E-state index < -0.39 is 11.8 Å². The molecule has 1 aliphatic carbocycles. The van der Waals surface area contributed by atoms with E-state index in [4.69, 9.17) is 4.74 Å². The second-order valence-electron chi connectivity index (χ2n) is 7.65. The largest absolute Gasteiger partial charge is 0.508 e. The lowest BCUT2D eigenvalue weighted by atomic mass is 9.71. The number of benzene rings is 2. The number of aromatic hydroxyl groups is 1. The minimum atomic E-state index is -1.36. The van der Waals surface area contributed by atoms with Crippen LogP contribution in [0.1, 0.15) is 34.3 Å². The number of piperidine rings is 1.